The zero-order valence-corrected chi connectivity index (χ0v) is 13.6. The smallest absolute Gasteiger partial charge is 0.0602 e. The SMILES string of the molecule is Cc1ccc([C@@H]2C[C@H](O)[C@H](C)[C@H](c3ccc(C)cc3)N2)cc1. The fourth-order valence-electron chi connectivity index (χ4n) is 3.32. The number of hydrogen-bond acceptors (Lipinski definition) is 2. The van der Waals surface area contributed by atoms with Crippen LogP contribution in [0.5, 0.6) is 0 Å². The lowest BCUT2D eigenvalue weighted by Crippen LogP contribution is -2.43. The standard InChI is InChI=1S/C20H25NO/c1-13-4-8-16(9-5-13)18-12-19(22)15(3)20(21-18)17-10-6-14(2)7-11-17/h4-11,15,18-22H,12H2,1-3H3/t15-,18-,19-,20+/m0/s1. The molecule has 1 aliphatic heterocycles. The molecule has 4 atom stereocenters. The van der Waals surface area contributed by atoms with Crippen LogP contribution >= 0.6 is 0 Å². The van der Waals surface area contributed by atoms with Crippen molar-refractivity contribution >= 4 is 0 Å². The molecule has 2 nitrogen and oxygen atoms in total. The van der Waals surface area contributed by atoms with E-state index in [-0.39, 0.29) is 24.1 Å². The Morgan fingerprint density at radius 2 is 1.36 bits per heavy atom. The van der Waals surface area contributed by atoms with Crippen LogP contribution in [0.3, 0.4) is 0 Å². The average molecular weight is 295 g/mol. The largest absolute Gasteiger partial charge is 0.393 e. The Morgan fingerprint density at radius 1 is 0.864 bits per heavy atom. The van der Waals surface area contributed by atoms with Gasteiger partial charge in [0, 0.05) is 18.0 Å². The van der Waals surface area contributed by atoms with Gasteiger partial charge in [0.25, 0.3) is 0 Å². The van der Waals surface area contributed by atoms with Crippen LogP contribution in [-0.2, 0) is 0 Å². The Hall–Kier alpha value is -1.64. The summed E-state index contributed by atoms with van der Waals surface area (Å²) in [6, 6.07) is 17.7. The van der Waals surface area contributed by atoms with Crippen LogP contribution in [0.2, 0.25) is 0 Å². The van der Waals surface area contributed by atoms with Crippen LogP contribution in [-0.4, -0.2) is 11.2 Å². The van der Waals surface area contributed by atoms with Crippen LogP contribution in [0.4, 0.5) is 0 Å². The lowest BCUT2D eigenvalue weighted by Gasteiger charge is -2.40. The zero-order valence-electron chi connectivity index (χ0n) is 13.6. The second kappa shape index (κ2) is 6.23. The molecule has 1 fully saturated rings. The van der Waals surface area contributed by atoms with E-state index in [1.807, 2.05) is 0 Å². The van der Waals surface area contributed by atoms with Crippen LogP contribution in [0.1, 0.15) is 47.7 Å². The van der Waals surface area contributed by atoms with E-state index in [1.54, 1.807) is 0 Å². The third-order valence-electron chi connectivity index (χ3n) is 4.91. The minimum atomic E-state index is -0.279. The van der Waals surface area contributed by atoms with Crippen molar-refractivity contribution in [3.05, 3.63) is 70.8 Å². The van der Waals surface area contributed by atoms with Crippen molar-refractivity contribution in [2.24, 2.45) is 5.92 Å². The van der Waals surface area contributed by atoms with E-state index in [2.05, 4.69) is 74.6 Å². The highest BCUT2D eigenvalue weighted by molar-refractivity contribution is 5.29. The monoisotopic (exact) mass is 295 g/mol. The molecule has 2 N–H and O–H groups in total. The van der Waals surface area contributed by atoms with Gasteiger partial charge in [-0.25, -0.2) is 0 Å². The van der Waals surface area contributed by atoms with Gasteiger partial charge >= 0.3 is 0 Å². The molecule has 0 radical (unpaired) electrons. The van der Waals surface area contributed by atoms with Gasteiger partial charge in [-0.3, -0.25) is 0 Å². The van der Waals surface area contributed by atoms with E-state index < -0.39 is 0 Å². The van der Waals surface area contributed by atoms with Crippen LogP contribution in [0.25, 0.3) is 0 Å². The molecular formula is C20H25NO. The Bertz CT molecular complexity index is 617. The van der Waals surface area contributed by atoms with E-state index in [0.29, 0.717) is 0 Å². The van der Waals surface area contributed by atoms with Crippen molar-refractivity contribution in [3.63, 3.8) is 0 Å². The van der Waals surface area contributed by atoms with Crippen LogP contribution in [0, 0.1) is 19.8 Å². The molecule has 0 aromatic heterocycles. The van der Waals surface area contributed by atoms with Gasteiger partial charge < -0.3 is 10.4 Å². The van der Waals surface area contributed by atoms with E-state index in [4.69, 9.17) is 0 Å². The fourth-order valence-corrected chi connectivity index (χ4v) is 3.32. The lowest BCUT2D eigenvalue weighted by atomic mass is 9.81. The first-order valence-corrected chi connectivity index (χ1v) is 8.12. The number of aryl methyl sites for hydroxylation is 2. The third kappa shape index (κ3) is 3.08. The van der Waals surface area contributed by atoms with Gasteiger partial charge in [0.05, 0.1) is 6.10 Å². The molecule has 2 heteroatoms. The number of aliphatic hydroxyl groups excluding tert-OH is 1. The van der Waals surface area contributed by atoms with Crippen LogP contribution < -0.4 is 5.32 Å². The first kappa shape index (κ1) is 15.3. The van der Waals surface area contributed by atoms with E-state index in [9.17, 15) is 5.11 Å². The molecule has 0 saturated carbocycles. The number of hydrogen-bond donors (Lipinski definition) is 2. The predicted molar refractivity (Wildman–Crippen MR) is 90.8 cm³/mol. The molecule has 2 aromatic rings. The molecule has 1 saturated heterocycles. The normalized spacial score (nSPS) is 28.5. The molecule has 0 bridgehead atoms. The van der Waals surface area contributed by atoms with E-state index in [1.165, 1.54) is 22.3 Å². The summed E-state index contributed by atoms with van der Waals surface area (Å²) in [6.07, 6.45) is 0.492. The van der Waals surface area contributed by atoms with Crippen molar-refractivity contribution in [1.29, 1.82) is 0 Å². The summed E-state index contributed by atoms with van der Waals surface area (Å²) in [5, 5.41) is 14.3. The second-order valence-electron chi connectivity index (χ2n) is 6.68. The summed E-state index contributed by atoms with van der Waals surface area (Å²) in [6.45, 7) is 6.34. The summed E-state index contributed by atoms with van der Waals surface area (Å²) < 4.78 is 0. The van der Waals surface area contributed by atoms with Gasteiger partial charge in [0.2, 0.25) is 0 Å². The maximum Gasteiger partial charge on any atom is 0.0602 e. The molecule has 0 unspecified atom stereocenters. The van der Waals surface area contributed by atoms with E-state index in [0.717, 1.165) is 6.42 Å². The molecule has 116 valence electrons. The Morgan fingerprint density at radius 3 is 1.91 bits per heavy atom. The van der Waals surface area contributed by atoms with Gasteiger partial charge in [-0.1, -0.05) is 66.6 Å². The summed E-state index contributed by atoms with van der Waals surface area (Å²) in [7, 11) is 0. The molecule has 2 aromatic carbocycles. The Balaban J connectivity index is 1.86. The topological polar surface area (TPSA) is 32.3 Å². The molecule has 0 spiro atoms. The van der Waals surface area contributed by atoms with Crippen molar-refractivity contribution in [2.75, 3.05) is 0 Å². The molecule has 0 amide bonds. The van der Waals surface area contributed by atoms with Gasteiger partial charge in [-0.2, -0.15) is 0 Å². The zero-order chi connectivity index (χ0) is 15.7. The lowest BCUT2D eigenvalue weighted by molar-refractivity contribution is 0.0402. The molecule has 0 aliphatic carbocycles. The summed E-state index contributed by atoms with van der Waals surface area (Å²) in [5.41, 5.74) is 5.05. The minimum absolute atomic E-state index is 0.190. The summed E-state index contributed by atoms with van der Waals surface area (Å²) >= 11 is 0. The average Bonchev–Trinajstić information content (AvgIpc) is 2.52. The number of aliphatic hydroxyl groups is 1. The quantitative estimate of drug-likeness (QED) is 0.875. The first-order chi connectivity index (χ1) is 10.5. The highest BCUT2D eigenvalue weighted by Crippen LogP contribution is 2.37. The van der Waals surface area contributed by atoms with Gasteiger partial charge in [0.1, 0.15) is 0 Å². The van der Waals surface area contributed by atoms with Crippen molar-refractivity contribution in [1.82, 2.24) is 5.32 Å². The Kier molecular flexibility index (Phi) is 4.32. The minimum Gasteiger partial charge on any atom is -0.393 e. The van der Waals surface area contributed by atoms with Crippen molar-refractivity contribution < 1.29 is 5.11 Å². The van der Waals surface area contributed by atoms with Crippen molar-refractivity contribution in [2.45, 2.75) is 45.4 Å². The summed E-state index contributed by atoms with van der Waals surface area (Å²) in [4.78, 5) is 0. The molecule has 22 heavy (non-hydrogen) atoms. The van der Waals surface area contributed by atoms with Gasteiger partial charge in [0.15, 0.2) is 0 Å². The number of rotatable bonds is 2. The highest BCUT2D eigenvalue weighted by atomic mass is 16.3. The first-order valence-electron chi connectivity index (χ1n) is 8.12. The van der Waals surface area contributed by atoms with Gasteiger partial charge in [-0.15, -0.1) is 0 Å². The third-order valence-corrected chi connectivity index (χ3v) is 4.91. The maximum atomic E-state index is 10.5. The second-order valence-corrected chi connectivity index (χ2v) is 6.68. The molecule has 3 rings (SSSR count). The highest BCUT2D eigenvalue weighted by Gasteiger charge is 2.34. The van der Waals surface area contributed by atoms with Crippen LogP contribution in [0.15, 0.2) is 48.5 Å². The van der Waals surface area contributed by atoms with Gasteiger partial charge in [-0.05, 0) is 31.4 Å². The molecular weight excluding hydrogens is 270 g/mol. The molecule has 1 aliphatic rings. The number of piperidine rings is 1. The van der Waals surface area contributed by atoms with Crippen molar-refractivity contribution in [3.8, 4) is 0 Å². The Labute approximate surface area is 133 Å². The van der Waals surface area contributed by atoms with E-state index >= 15 is 0 Å². The number of nitrogens with one attached hydrogen (secondary N) is 1. The number of benzene rings is 2. The summed E-state index contributed by atoms with van der Waals surface area (Å²) in [5.74, 6) is 0.212. The molecule has 1 heterocycles. The predicted octanol–water partition coefficient (Wildman–Crippen LogP) is 4.08. The fraction of sp³-hybridized carbons (Fsp3) is 0.400. The maximum absolute atomic E-state index is 10.5.